The fraction of sp³-hybridized carbons (Fsp3) is 0.111. The highest BCUT2D eigenvalue weighted by Gasteiger charge is 2.18. The number of rotatable bonds is 2. The standard InChI is InChI=1S/C9H5BrFNO2/c10-3-8(14)9-5(4-12)6(11)1-2-7(9)13/h1-2,13H,3H2. The number of alkyl halides is 1. The Kier molecular flexibility index (Phi) is 3.20. The Hall–Kier alpha value is -1.41. The second kappa shape index (κ2) is 4.20. The maximum absolute atomic E-state index is 13.0. The van der Waals surface area contributed by atoms with Gasteiger partial charge >= 0.3 is 0 Å². The normalized spacial score (nSPS) is 9.50. The lowest BCUT2D eigenvalue weighted by atomic mass is 10.0. The molecule has 0 saturated carbocycles. The summed E-state index contributed by atoms with van der Waals surface area (Å²) in [7, 11) is 0. The number of nitrogens with zero attached hydrogens (tertiary/aromatic N) is 1. The van der Waals surface area contributed by atoms with Gasteiger partial charge in [-0.15, -0.1) is 0 Å². The Morgan fingerprint density at radius 2 is 2.29 bits per heavy atom. The number of phenols is 1. The number of carbonyl (C=O) groups is 1. The molecule has 0 aliphatic heterocycles. The molecule has 0 spiro atoms. The van der Waals surface area contributed by atoms with Crippen molar-refractivity contribution in [1.82, 2.24) is 0 Å². The first-order chi connectivity index (χ1) is 6.61. The minimum absolute atomic E-state index is 0.0707. The van der Waals surface area contributed by atoms with E-state index >= 15 is 0 Å². The molecule has 0 atom stereocenters. The summed E-state index contributed by atoms with van der Waals surface area (Å²) in [5, 5.41) is 17.8. The molecule has 0 aliphatic rings. The number of nitriles is 1. The second-order valence-electron chi connectivity index (χ2n) is 2.49. The topological polar surface area (TPSA) is 61.1 Å². The van der Waals surface area contributed by atoms with E-state index in [0.717, 1.165) is 12.1 Å². The number of phenolic OH excluding ortho intramolecular Hbond substituents is 1. The van der Waals surface area contributed by atoms with Crippen LogP contribution in [0.15, 0.2) is 12.1 Å². The Morgan fingerprint density at radius 3 is 2.79 bits per heavy atom. The van der Waals surface area contributed by atoms with E-state index in [-0.39, 0.29) is 16.6 Å². The smallest absolute Gasteiger partial charge is 0.178 e. The van der Waals surface area contributed by atoms with Crippen LogP contribution < -0.4 is 0 Å². The highest BCUT2D eigenvalue weighted by atomic mass is 79.9. The van der Waals surface area contributed by atoms with Crippen LogP contribution in [0.2, 0.25) is 0 Å². The summed E-state index contributed by atoms with van der Waals surface area (Å²) >= 11 is 2.88. The minimum atomic E-state index is -0.811. The molecule has 1 aromatic rings. The summed E-state index contributed by atoms with van der Waals surface area (Å²) in [4.78, 5) is 11.2. The fourth-order valence-electron chi connectivity index (χ4n) is 1.02. The van der Waals surface area contributed by atoms with Gasteiger partial charge in [0.25, 0.3) is 0 Å². The van der Waals surface area contributed by atoms with Crippen LogP contribution in [0, 0.1) is 17.1 Å². The largest absolute Gasteiger partial charge is 0.507 e. The molecule has 0 aliphatic carbocycles. The third-order valence-corrected chi connectivity index (χ3v) is 2.15. The Bertz CT molecular complexity index is 426. The highest BCUT2D eigenvalue weighted by molar-refractivity contribution is 9.09. The first-order valence-corrected chi connectivity index (χ1v) is 4.74. The fourth-order valence-corrected chi connectivity index (χ4v) is 1.31. The molecule has 0 radical (unpaired) electrons. The van der Waals surface area contributed by atoms with E-state index in [9.17, 15) is 14.3 Å². The summed E-state index contributed by atoms with van der Waals surface area (Å²) in [6, 6.07) is 3.53. The molecular formula is C9H5BrFNO2. The van der Waals surface area contributed by atoms with Gasteiger partial charge in [0.2, 0.25) is 0 Å². The molecule has 0 saturated heterocycles. The zero-order valence-electron chi connectivity index (χ0n) is 6.92. The van der Waals surface area contributed by atoms with E-state index in [1.807, 2.05) is 0 Å². The molecule has 0 unspecified atom stereocenters. The number of aromatic hydroxyl groups is 1. The first kappa shape index (κ1) is 10.7. The van der Waals surface area contributed by atoms with E-state index in [0.29, 0.717) is 0 Å². The Morgan fingerprint density at radius 1 is 1.64 bits per heavy atom. The van der Waals surface area contributed by atoms with E-state index in [1.54, 1.807) is 6.07 Å². The Labute approximate surface area is 87.9 Å². The van der Waals surface area contributed by atoms with Gasteiger partial charge in [-0.3, -0.25) is 4.79 Å². The molecule has 0 fully saturated rings. The lowest BCUT2D eigenvalue weighted by molar-refractivity contribution is 0.102. The van der Waals surface area contributed by atoms with Crippen LogP contribution in [0.4, 0.5) is 4.39 Å². The van der Waals surface area contributed by atoms with Crippen molar-refractivity contribution in [2.75, 3.05) is 5.33 Å². The van der Waals surface area contributed by atoms with Gasteiger partial charge in [0.15, 0.2) is 5.78 Å². The number of ketones is 1. The van der Waals surface area contributed by atoms with Crippen LogP contribution >= 0.6 is 15.9 Å². The molecular weight excluding hydrogens is 253 g/mol. The number of benzene rings is 1. The van der Waals surface area contributed by atoms with E-state index in [1.165, 1.54) is 0 Å². The SMILES string of the molecule is N#Cc1c(F)ccc(O)c1C(=O)CBr. The molecule has 1 N–H and O–H groups in total. The zero-order chi connectivity index (χ0) is 10.7. The summed E-state index contributed by atoms with van der Waals surface area (Å²) in [6.07, 6.45) is 0. The van der Waals surface area contributed by atoms with Crippen molar-refractivity contribution in [2.24, 2.45) is 0 Å². The third kappa shape index (κ3) is 1.75. The van der Waals surface area contributed by atoms with Crippen LogP contribution in [0.3, 0.4) is 0 Å². The predicted octanol–water partition coefficient (Wildman–Crippen LogP) is 1.98. The average Bonchev–Trinajstić information content (AvgIpc) is 2.19. The van der Waals surface area contributed by atoms with Gasteiger partial charge in [-0.1, -0.05) is 15.9 Å². The predicted molar refractivity (Wildman–Crippen MR) is 50.9 cm³/mol. The quantitative estimate of drug-likeness (QED) is 0.651. The van der Waals surface area contributed by atoms with Crippen LogP contribution in [-0.2, 0) is 0 Å². The second-order valence-corrected chi connectivity index (χ2v) is 3.05. The molecule has 1 aromatic carbocycles. The van der Waals surface area contributed by atoms with Gasteiger partial charge in [-0.25, -0.2) is 4.39 Å². The van der Waals surface area contributed by atoms with Gasteiger partial charge in [0.05, 0.1) is 10.9 Å². The number of carbonyl (C=O) groups excluding carboxylic acids is 1. The van der Waals surface area contributed by atoms with Crippen molar-refractivity contribution in [3.8, 4) is 11.8 Å². The van der Waals surface area contributed by atoms with Crippen LogP contribution in [0.1, 0.15) is 15.9 Å². The van der Waals surface area contributed by atoms with Gasteiger partial charge in [-0.05, 0) is 12.1 Å². The van der Waals surface area contributed by atoms with Crippen LogP contribution in [0.5, 0.6) is 5.75 Å². The first-order valence-electron chi connectivity index (χ1n) is 3.62. The monoisotopic (exact) mass is 257 g/mol. The van der Waals surface area contributed by atoms with Crippen LogP contribution in [0.25, 0.3) is 0 Å². The molecule has 0 aromatic heterocycles. The minimum Gasteiger partial charge on any atom is -0.507 e. The van der Waals surface area contributed by atoms with Gasteiger partial charge in [0.1, 0.15) is 23.2 Å². The molecule has 3 nitrogen and oxygen atoms in total. The third-order valence-electron chi connectivity index (χ3n) is 1.64. The molecule has 0 bridgehead atoms. The summed E-state index contributed by atoms with van der Waals surface area (Å²) < 4.78 is 13.0. The van der Waals surface area contributed by atoms with Gasteiger partial charge in [0, 0.05) is 0 Å². The number of hydrogen-bond acceptors (Lipinski definition) is 3. The average molecular weight is 258 g/mol. The van der Waals surface area contributed by atoms with Gasteiger partial charge < -0.3 is 5.11 Å². The van der Waals surface area contributed by atoms with Gasteiger partial charge in [-0.2, -0.15) is 5.26 Å². The summed E-state index contributed by atoms with van der Waals surface area (Å²) in [6.45, 7) is 0. The van der Waals surface area contributed by atoms with Crippen molar-refractivity contribution >= 4 is 21.7 Å². The zero-order valence-corrected chi connectivity index (χ0v) is 8.51. The van der Waals surface area contributed by atoms with Crippen molar-refractivity contribution < 1.29 is 14.3 Å². The Balaban J connectivity index is 3.47. The molecule has 14 heavy (non-hydrogen) atoms. The molecule has 72 valence electrons. The lowest BCUT2D eigenvalue weighted by Crippen LogP contribution is -2.05. The van der Waals surface area contributed by atoms with Crippen molar-refractivity contribution in [2.45, 2.75) is 0 Å². The van der Waals surface area contributed by atoms with Crippen molar-refractivity contribution in [3.05, 3.63) is 29.1 Å². The molecule has 0 amide bonds. The summed E-state index contributed by atoms with van der Waals surface area (Å²) in [5.41, 5.74) is -0.696. The molecule has 0 heterocycles. The summed E-state index contributed by atoms with van der Waals surface area (Å²) in [5.74, 6) is -1.72. The number of halogens is 2. The molecule has 5 heteroatoms. The van der Waals surface area contributed by atoms with E-state index < -0.39 is 17.2 Å². The number of hydrogen-bond donors (Lipinski definition) is 1. The maximum atomic E-state index is 13.0. The van der Waals surface area contributed by atoms with E-state index in [2.05, 4.69) is 15.9 Å². The van der Waals surface area contributed by atoms with Crippen molar-refractivity contribution in [1.29, 1.82) is 5.26 Å². The highest BCUT2D eigenvalue weighted by Crippen LogP contribution is 2.24. The van der Waals surface area contributed by atoms with Crippen LogP contribution in [-0.4, -0.2) is 16.2 Å². The van der Waals surface area contributed by atoms with Crippen molar-refractivity contribution in [3.63, 3.8) is 0 Å². The molecule has 1 rings (SSSR count). The number of Topliss-reactive ketones (excluding diaryl/α,β-unsaturated/α-hetero) is 1. The lowest BCUT2D eigenvalue weighted by Gasteiger charge is -2.04. The van der Waals surface area contributed by atoms with E-state index in [4.69, 9.17) is 5.26 Å². The maximum Gasteiger partial charge on any atom is 0.178 e.